The lowest BCUT2D eigenvalue weighted by Gasteiger charge is -2.55. The van der Waals surface area contributed by atoms with Gasteiger partial charge < -0.3 is 5.32 Å². The third-order valence-electron chi connectivity index (χ3n) is 6.15. The number of hydrogen-bond donors (Lipinski definition) is 1. The molecule has 2 heterocycles. The average Bonchev–Trinajstić information content (AvgIpc) is 3.08. The summed E-state index contributed by atoms with van der Waals surface area (Å²) in [6, 6.07) is 3.63. The minimum absolute atomic E-state index is 0.159. The molecule has 4 saturated carbocycles. The molecule has 6 nitrogen and oxygen atoms in total. The second-order valence-corrected chi connectivity index (χ2v) is 7.86. The minimum Gasteiger partial charge on any atom is -0.310 e. The van der Waals surface area contributed by atoms with Crippen molar-refractivity contribution in [2.75, 3.05) is 5.32 Å². The molecular weight excluding hydrogens is 302 g/mol. The molecule has 0 saturated heterocycles. The maximum atomic E-state index is 13.1. The van der Waals surface area contributed by atoms with Crippen LogP contribution in [0.15, 0.2) is 30.9 Å². The van der Waals surface area contributed by atoms with Crippen LogP contribution in [0.5, 0.6) is 0 Å². The number of rotatable bonds is 3. The molecule has 1 amide bonds. The Kier molecular flexibility index (Phi) is 3.02. The summed E-state index contributed by atoms with van der Waals surface area (Å²) in [6.45, 7) is 0. The van der Waals surface area contributed by atoms with E-state index in [9.17, 15) is 4.79 Å². The van der Waals surface area contributed by atoms with Crippen LogP contribution in [0.25, 0.3) is 5.82 Å². The van der Waals surface area contributed by atoms with E-state index in [2.05, 4.69) is 20.4 Å². The van der Waals surface area contributed by atoms with Crippen molar-refractivity contribution in [2.45, 2.75) is 38.5 Å². The fourth-order valence-corrected chi connectivity index (χ4v) is 5.58. The molecule has 0 aromatic carbocycles. The van der Waals surface area contributed by atoms with Gasteiger partial charge in [0, 0.05) is 18.5 Å². The van der Waals surface area contributed by atoms with Crippen molar-refractivity contribution in [2.24, 2.45) is 23.2 Å². The van der Waals surface area contributed by atoms with E-state index in [1.165, 1.54) is 25.6 Å². The van der Waals surface area contributed by atoms with Crippen molar-refractivity contribution in [3.63, 3.8) is 0 Å². The van der Waals surface area contributed by atoms with Crippen LogP contribution in [0.4, 0.5) is 5.82 Å². The zero-order valence-corrected chi connectivity index (χ0v) is 13.6. The molecule has 0 aliphatic heterocycles. The second kappa shape index (κ2) is 5.13. The van der Waals surface area contributed by atoms with Crippen molar-refractivity contribution in [1.29, 1.82) is 0 Å². The van der Waals surface area contributed by atoms with Gasteiger partial charge in [0.25, 0.3) is 0 Å². The van der Waals surface area contributed by atoms with Crippen molar-refractivity contribution in [3.8, 4) is 5.82 Å². The van der Waals surface area contributed by atoms with Gasteiger partial charge in [0.1, 0.15) is 12.1 Å². The van der Waals surface area contributed by atoms with E-state index in [1.54, 1.807) is 16.9 Å². The second-order valence-electron chi connectivity index (χ2n) is 7.86. The number of carbonyl (C=O) groups is 1. The predicted octanol–water partition coefficient (Wildman–Crippen LogP) is 2.82. The topological polar surface area (TPSA) is 72.7 Å². The standard InChI is InChI=1S/C18H21N5O/c24-17(18-8-12-4-13(9-18)6-14(5-12)10-18)22-15-7-16(20-11-19-15)23-3-1-2-21-23/h1-3,7,11-14H,4-6,8-10H2,(H,19,20,22,24). The molecule has 0 spiro atoms. The first-order chi connectivity index (χ1) is 11.7. The van der Waals surface area contributed by atoms with Gasteiger partial charge in [-0.05, 0) is 62.3 Å². The Morgan fingerprint density at radius 2 is 1.83 bits per heavy atom. The number of amides is 1. The Bertz CT molecular complexity index is 734. The Balaban J connectivity index is 1.38. The molecule has 4 aliphatic carbocycles. The SMILES string of the molecule is O=C(Nc1cc(-n2cccn2)ncn1)C12CC3CC(CC(C3)C1)C2. The van der Waals surface area contributed by atoms with Gasteiger partial charge >= 0.3 is 0 Å². The third kappa shape index (κ3) is 2.24. The van der Waals surface area contributed by atoms with Gasteiger partial charge in [-0.25, -0.2) is 14.6 Å². The van der Waals surface area contributed by atoms with Crippen molar-refractivity contribution < 1.29 is 4.79 Å². The molecule has 0 unspecified atom stereocenters. The van der Waals surface area contributed by atoms with Crippen LogP contribution in [0.2, 0.25) is 0 Å². The zero-order chi connectivity index (χ0) is 16.1. The molecule has 0 atom stereocenters. The van der Waals surface area contributed by atoms with Gasteiger partial charge in [-0.15, -0.1) is 0 Å². The summed E-state index contributed by atoms with van der Waals surface area (Å²) < 4.78 is 1.67. The van der Waals surface area contributed by atoms with Gasteiger partial charge in [0.2, 0.25) is 5.91 Å². The summed E-state index contributed by atoms with van der Waals surface area (Å²) in [5, 5.41) is 7.25. The van der Waals surface area contributed by atoms with Crippen LogP contribution in [0.1, 0.15) is 38.5 Å². The van der Waals surface area contributed by atoms with E-state index >= 15 is 0 Å². The first-order valence-corrected chi connectivity index (χ1v) is 8.84. The lowest BCUT2D eigenvalue weighted by Crippen LogP contribution is -2.51. The van der Waals surface area contributed by atoms with Gasteiger partial charge in [-0.1, -0.05) is 0 Å². The molecule has 2 aromatic rings. The Labute approximate surface area is 140 Å². The summed E-state index contributed by atoms with van der Waals surface area (Å²) in [4.78, 5) is 21.5. The van der Waals surface area contributed by atoms with Crippen molar-refractivity contribution in [3.05, 3.63) is 30.9 Å². The molecule has 4 aliphatic rings. The average molecular weight is 323 g/mol. The molecule has 2 aromatic heterocycles. The highest BCUT2D eigenvalue weighted by Crippen LogP contribution is 2.60. The number of carbonyl (C=O) groups excluding carboxylic acids is 1. The van der Waals surface area contributed by atoms with E-state index < -0.39 is 0 Å². The fourth-order valence-electron chi connectivity index (χ4n) is 5.58. The molecule has 0 radical (unpaired) electrons. The van der Waals surface area contributed by atoms with Gasteiger partial charge in [-0.3, -0.25) is 4.79 Å². The molecule has 4 bridgehead atoms. The maximum absolute atomic E-state index is 13.1. The highest BCUT2D eigenvalue weighted by atomic mass is 16.2. The lowest BCUT2D eigenvalue weighted by molar-refractivity contribution is -0.140. The van der Waals surface area contributed by atoms with Crippen LogP contribution >= 0.6 is 0 Å². The third-order valence-corrected chi connectivity index (χ3v) is 6.15. The summed E-state index contributed by atoms with van der Waals surface area (Å²) in [6.07, 6.45) is 12.2. The molecule has 6 rings (SSSR count). The number of aromatic nitrogens is 4. The number of nitrogens with zero attached hydrogens (tertiary/aromatic N) is 4. The first-order valence-electron chi connectivity index (χ1n) is 8.84. The van der Waals surface area contributed by atoms with E-state index in [1.807, 2.05) is 12.3 Å². The highest BCUT2D eigenvalue weighted by Gasteiger charge is 2.54. The summed E-state index contributed by atoms with van der Waals surface area (Å²) in [5.74, 6) is 3.66. The Hall–Kier alpha value is -2.24. The van der Waals surface area contributed by atoms with E-state index in [0.717, 1.165) is 37.0 Å². The summed E-state index contributed by atoms with van der Waals surface area (Å²) in [7, 11) is 0. The fraction of sp³-hybridized carbons (Fsp3) is 0.556. The highest BCUT2D eigenvalue weighted by molar-refractivity contribution is 5.95. The van der Waals surface area contributed by atoms with Crippen LogP contribution < -0.4 is 5.32 Å². The monoisotopic (exact) mass is 323 g/mol. The summed E-state index contributed by atoms with van der Waals surface area (Å²) >= 11 is 0. The van der Waals surface area contributed by atoms with E-state index in [0.29, 0.717) is 11.6 Å². The molecular formula is C18H21N5O. The van der Waals surface area contributed by atoms with Crippen LogP contribution in [-0.4, -0.2) is 25.7 Å². The number of nitrogens with one attached hydrogen (secondary N) is 1. The van der Waals surface area contributed by atoms with Gasteiger partial charge in [0.05, 0.1) is 5.41 Å². The first kappa shape index (κ1) is 14.1. The van der Waals surface area contributed by atoms with Crippen LogP contribution in [-0.2, 0) is 4.79 Å². The minimum atomic E-state index is -0.161. The van der Waals surface area contributed by atoms with Crippen LogP contribution in [0.3, 0.4) is 0 Å². The predicted molar refractivity (Wildman–Crippen MR) is 88.4 cm³/mol. The molecule has 6 heteroatoms. The van der Waals surface area contributed by atoms with E-state index in [-0.39, 0.29) is 11.3 Å². The molecule has 124 valence electrons. The Morgan fingerprint density at radius 3 is 2.46 bits per heavy atom. The van der Waals surface area contributed by atoms with Crippen molar-refractivity contribution >= 4 is 11.7 Å². The number of anilines is 1. The normalized spacial score (nSPS) is 33.6. The largest absolute Gasteiger partial charge is 0.310 e. The lowest BCUT2D eigenvalue weighted by atomic mass is 9.49. The molecule has 1 N–H and O–H groups in total. The quantitative estimate of drug-likeness (QED) is 0.942. The maximum Gasteiger partial charge on any atom is 0.231 e. The molecule has 24 heavy (non-hydrogen) atoms. The van der Waals surface area contributed by atoms with Gasteiger partial charge in [0.15, 0.2) is 5.82 Å². The Morgan fingerprint density at radius 1 is 1.12 bits per heavy atom. The number of hydrogen-bond acceptors (Lipinski definition) is 4. The zero-order valence-electron chi connectivity index (χ0n) is 13.6. The van der Waals surface area contributed by atoms with Crippen LogP contribution in [0, 0.1) is 23.2 Å². The summed E-state index contributed by atoms with van der Waals surface area (Å²) in [5.41, 5.74) is -0.161. The smallest absolute Gasteiger partial charge is 0.231 e. The van der Waals surface area contributed by atoms with Crippen molar-refractivity contribution in [1.82, 2.24) is 19.7 Å². The molecule has 4 fully saturated rings. The van der Waals surface area contributed by atoms with Gasteiger partial charge in [-0.2, -0.15) is 5.10 Å². The van der Waals surface area contributed by atoms with E-state index in [4.69, 9.17) is 0 Å².